The fourth-order valence-corrected chi connectivity index (χ4v) is 1.86. The summed E-state index contributed by atoms with van der Waals surface area (Å²) in [5, 5.41) is 3.67. The van der Waals surface area contributed by atoms with Crippen molar-refractivity contribution in [3.05, 3.63) is 34.6 Å². The van der Waals surface area contributed by atoms with Crippen LogP contribution < -0.4 is 5.32 Å². The van der Waals surface area contributed by atoms with Crippen molar-refractivity contribution in [2.45, 2.75) is 18.4 Å². The third kappa shape index (κ3) is 1.56. The van der Waals surface area contributed by atoms with Crippen LogP contribution in [0.1, 0.15) is 18.4 Å². The molecule has 0 spiro atoms. The topological polar surface area (TPSA) is 12.0 Å². The molecule has 1 aromatic carbocycles. The molecule has 0 aromatic heterocycles. The molecule has 0 amide bonds. The molecule has 1 saturated carbocycles. The largest absolute Gasteiger partial charge is 0.310 e. The Morgan fingerprint density at radius 2 is 2.08 bits per heavy atom. The second-order valence-electron chi connectivity index (χ2n) is 3.49. The molecule has 1 aliphatic rings. The molecule has 0 aliphatic heterocycles. The van der Waals surface area contributed by atoms with Gasteiger partial charge in [0.2, 0.25) is 0 Å². The Kier molecular flexibility index (Phi) is 2.05. The zero-order valence-electron chi connectivity index (χ0n) is 7.40. The van der Waals surface area contributed by atoms with Gasteiger partial charge < -0.3 is 5.32 Å². The quantitative estimate of drug-likeness (QED) is 0.773. The van der Waals surface area contributed by atoms with Gasteiger partial charge in [-0.2, -0.15) is 0 Å². The summed E-state index contributed by atoms with van der Waals surface area (Å²) < 4.78 is 13.0. The van der Waals surface area contributed by atoms with Crippen molar-refractivity contribution in [3.8, 4) is 0 Å². The summed E-state index contributed by atoms with van der Waals surface area (Å²) in [5.74, 6) is -0.260. The molecule has 1 aliphatic carbocycles. The van der Waals surface area contributed by atoms with Crippen LogP contribution in [0.25, 0.3) is 0 Å². The van der Waals surface area contributed by atoms with Crippen molar-refractivity contribution in [1.82, 2.24) is 5.32 Å². The van der Waals surface area contributed by atoms with Crippen LogP contribution >= 0.6 is 11.6 Å². The highest BCUT2D eigenvalue weighted by Crippen LogP contribution is 2.45. The van der Waals surface area contributed by atoms with Crippen LogP contribution in [-0.4, -0.2) is 7.05 Å². The van der Waals surface area contributed by atoms with Crippen LogP contribution in [0.15, 0.2) is 18.2 Å². The van der Waals surface area contributed by atoms with Gasteiger partial charge in [-0.1, -0.05) is 11.6 Å². The summed E-state index contributed by atoms with van der Waals surface area (Å²) >= 11 is 5.77. The molecule has 0 radical (unpaired) electrons. The standard InChI is InChI=1S/C10H11ClFN/c1-13-10(2-3-10)7-4-8(11)6-9(12)5-7/h4-6,13H,2-3H2,1H3. The lowest BCUT2D eigenvalue weighted by molar-refractivity contribution is 0.571. The molecule has 0 unspecified atom stereocenters. The lowest BCUT2D eigenvalue weighted by Crippen LogP contribution is -2.24. The van der Waals surface area contributed by atoms with Gasteiger partial charge in [0.05, 0.1) is 0 Å². The molecule has 0 saturated heterocycles. The minimum Gasteiger partial charge on any atom is -0.310 e. The number of nitrogens with one attached hydrogen (secondary N) is 1. The molecule has 1 nitrogen and oxygen atoms in total. The van der Waals surface area contributed by atoms with Gasteiger partial charge in [0, 0.05) is 10.6 Å². The fraction of sp³-hybridized carbons (Fsp3) is 0.400. The highest BCUT2D eigenvalue weighted by Gasteiger charge is 2.42. The average Bonchev–Trinajstić information content (AvgIpc) is 2.82. The van der Waals surface area contributed by atoms with Crippen molar-refractivity contribution in [2.24, 2.45) is 0 Å². The monoisotopic (exact) mass is 199 g/mol. The maximum Gasteiger partial charge on any atom is 0.125 e. The molecule has 13 heavy (non-hydrogen) atoms. The predicted octanol–water partition coefficient (Wildman–Crippen LogP) is 2.69. The highest BCUT2D eigenvalue weighted by molar-refractivity contribution is 6.30. The Morgan fingerprint density at radius 1 is 1.38 bits per heavy atom. The Hall–Kier alpha value is -0.600. The van der Waals surface area contributed by atoms with Crippen LogP contribution in [0.4, 0.5) is 4.39 Å². The van der Waals surface area contributed by atoms with E-state index >= 15 is 0 Å². The SMILES string of the molecule is CNC1(c2cc(F)cc(Cl)c2)CC1. The second-order valence-corrected chi connectivity index (χ2v) is 3.93. The van der Waals surface area contributed by atoms with Crippen LogP contribution in [0.2, 0.25) is 5.02 Å². The number of hydrogen-bond acceptors (Lipinski definition) is 1. The van der Waals surface area contributed by atoms with Gasteiger partial charge in [-0.25, -0.2) is 4.39 Å². The van der Waals surface area contributed by atoms with Crippen LogP contribution in [0, 0.1) is 5.82 Å². The molecular weight excluding hydrogens is 189 g/mol. The van der Waals surface area contributed by atoms with E-state index in [2.05, 4.69) is 5.32 Å². The zero-order chi connectivity index (χ0) is 9.47. The molecule has 0 bridgehead atoms. The maximum absolute atomic E-state index is 13.0. The van der Waals surface area contributed by atoms with E-state index in [9.17, 15) is 4.39 Å². The first-order valence-electron chi connectivity index (χ1n) is 4.32. The summed E-state index contributed by atoms with van der Waals surface area (Å²) in [6.45, 7) is 0. The van der Waals surface area contributed by atoms with E-state index in [0.29, 0.717) is 5.02 Å². The molecule has 3 heteroatoms. The number of benzene rings is 1. The average molecular weight is 200 g/mol. The number of hydrogen-bond donors (Lipinski definition) is 1. The first kappa shape index (κ1) is 8.97. The van der Waals surface area contributed by atoms with E-state index < -0.39 is 0 Å². The maximum atomic E-state index is 13.0. The molecular formula is C10H11ClFN. The molecule has 2 rings (SSSR count). The Labute approximate surface area is 81.9 Å². The first-order chi connectivity index (χ1) is 6.16. The third-order valence-corrected chi connectivity index (χ3v) is 2.86. The third-order valence-electron chi connectivity index (χ3n) is 2.64. The molecule has 0 atom stereocenters. The van der Waals surface area contributed by atoms with Gasteiger partial charge in [-0.3, -0.25) is 0 Å². The molecule has 1 aromatic rings. The molecule has 1 fully saturated rings. The lowest BCUT2D eigenvalue weighted by Gasteiger charge is -2.14. The summed E-state index contributed by atoms with van der Waals surface area (Å²) in [5.41, 5.74) is 0.950. The van der Waals surface area contributed by atoms with E-state index in [1.165, 1.54) is 6.07 Å². The van der Waals surface area contributed by atoms with E-state index in [4.69, 9.17) is 11.6 Å². The van der Waals surface area contributed by atoms with E-state index in [0.717, 1.165) is 18.4 Å². The van der Waals surface area contributed by atoms with Crippen molar-refractivity contribution in [1.29, 1.82) is 0 Å². The molecule has 0 heterocycles. The van der Waals surface area contributed by atoms with E-state index in [1.807, 2.05) is 13.1 Å². The summed E-state index contributed by atoms with van der Waals surface area (Å²) in [6.07, 6.45) is 2.12. The highest BCUT2D eigenvalue weighted by atomic mass is 35.5. The fourth-order valence-electron chi connectivity index (χ4n) is 1.64. The van der Waals surface area contributed by atoms with Crippen LogP contribution in [0.5, 0.6) is 0 Å². The lowest BCUT2D eigenvalue weighted by atomic mass is 10.1. The second kappa shape index (κ2) is 2.96. The van der Waals surface area contributed by atoms with Crippen molar-refractivity contribution in [2.75, 3.05) is 7.05 Å². The Morgan fingerprint density at radius 3 is 2.54 bits per heavy atom. The minimum atomic E-state index is -0.260. The van der Waals surface area contributed by atoms with E-state index in [1.54, 1.807) is 6.07 Å². The number of halogens is 2. The Bertz CT molecular complexity index is 313. The predicted molar refractivity (Wildman–Crippen MR) is 51.4 cm³/mol. The van der Waals surface area contributed by atoms with Gasteiger partial charge in [0.15, 0.2) is 0 Å². The normalized spacial score (nSPS) is 18.7. The van der Waals surface area contributed by atoms with Gasteiger partial charge in [-0.05, 0) is 43.7 Å². The Balaban J connectivity index is 2.40. The first-order valence-corrected chi connectivity index (χ1v) is 4.70. The van der Waals surface area contributed by atoms with Crippen molar-refractivity contribution in [3.63, 3.8) is 0 Å². The summed E-state index contributed by atoms with van der Waals surface area (Å²) in [6, 6.07) is 4.71. The van der Waals surface area contributed by atoms with Gasteiger partial charge in [0.25, 0.3) is 0 Å². The minimum absolute atomic E-state index is 0.00819. The summed E-state index contributed by atoms with van der Waals surface area (Å²) in [7, 11) is 1.89. The van der Waals surface area contributed by atoms with Crippen molar-refractivity contribution >= 4 is 11.6 Å². The van der Waals surface area contributed by atoms with Gasteiger partial charge in [-0.15, -0.1) is 0 Å². The summed E-state index contributed by atoms with van der Waals surface area (Å²) in [4.78, 5) is 0. The molecule has 70 valence electrons. The molecule has 1 N–H and O–H groups in total. The van der Waals surface area contributed by atoms with E-state index in [-0.39, 0.29) is 11.4 Å². The number of rotatable bonds is 2. The van der Waals surface area contributed by atoms with Crippen molar-refractivity contribution < 1.29 is 4.39 Å². The van der Waals surface area contributed by atoms with Gasteiger partial charge >= 0.3 is 0 Å². The zero-order valence-corrected chi connectivity index (χ0v) is 8.16. The van der Waals surface area contributed by atoms with Crippen LogP contribution in [-0.2, 0) is 5.54 Å². The smallest absolute Gasteiger partial charge is 0.125 e. The van der Waals surface area contributed by atoms with Crippen LogP contribution in [0.3, 0.4) is 0 Å². The van der Waals surface area contributed by atoms with Gasteiger partial charge in [0.1, 0.15) is 5.82 Å².